The van der Waals surface area contributed by atoms with E-state index in [9.17, 15) is 18.0 Å². The Balaban J connectivity index is 3.09. The summed E-state index contributed by atoms with van der Waals surface area (Å²) in [7, 11) is 0. The van der Waals surface area contributed by atoms with Crippen LogP contribution in [0.2, 0.25) is 5.02 Å². The summed E-state index contributed by atoms with van der Waals surface area (Å²) in [5, 5.41) is 1.95. The van der Waals surface area contributed by atoms with Crippen LogP contribution in [0.3, 0.4) is 0 Å². The van der Waals surface area contributed by atoms with E-state index in [0.717, 1.165) is 6.07 Å². The predicted octanol–water partition coefficient (Wildman–Crippen LogP) is 3.93. The Morgan fingerprint density at radius 2 is 2.00 bits per heavy atom. The van der Waals surface area contributed by atoms with Crippen LogP contribution in [0.4, 0.5) is 18.9 Å². The van der Waals surface area contributed by atoms with Gasteiger partial charge in [-0.1, -0.05) is 17.7 Å². The van der Waals surface area contributed by atoms with E-state index in [1.54, 1.807) is 0 Å². The van der Waals surface area contributed by atoms with Gasteiger partial charge in [-0.25, -0.2) is 0 Å². The fourth-order valence-electron chi connectivity index (χ4n) is 1.18. The van der Waals surface area contributed by atoms with Crippen LogP contribution in [0, 0.1) is 0 Å². The molecule has 0 atom stereocenters. The van der Waals surface area contributed by atoms with Crippen LogP contribution in [0.15, 0.2) is 18.2 Å². The van der Waals surface area contributed by atoms with Crippen molar-refractivity contribution in [2.45, 2.75) is 12.6 Å². The SMILES string of the molecule is O=C(CCCl)Nc1c(Cl)cccc1C(F)(F)F. The van der Waals surface area contributed by atoms with E-state index in [2.05, 4.69) is 5.32 Å². The molecule has 2 nitrogen and oxygen atoms in total. The highest BCUT2D eigenvalue weighted by molar-refractivity contribution is 6.34. The Labute approximate surface area is 106 Å². The van der Waals surface area contributed by atoms with E-state index >= 15 is 0 Å². The molecule has 1 aromatic rings. The maximum atomic E-state index is 12.6. The second-order valence-electron chi connectivity index (χ2n) is 3.15. The summed E-state index contributed by atoms with van der Waals surface area (Å²) in [6.07, 6.45) is -4.65. The summed E-state index contributed by atoms with van der Waals surface area (Å²) in [5.74, 6) is -0.587. The first-order valence-electron chi connectivity index (χ1n) is 4.57. The average Bonchev–Trinajstić information content (AvgIpc) is 2.19. The largest absolute Gasteiger partial charge is 0.418 e. The van der Waals surface area contributed by atoms with Crippen LogP contribution in [0.5, 0.6) is 0 Å². The van der Waals surface area contributed by atoms with Gasteiger partial charge in [-0.3, -0.25) is 4.79 Å². The lowest BCUT2D eigenvalue weighted by Gasteiger charge is -2.14. The van der Waals surface area contributed by atoms with Gasteiger partial charge in [-0.2, -0.15) is 13.2 Å². The summed E-state index contributed by atoms with van der Waals surface area (Å²) in [4.78, 5) is 11.2. The van der Waals surface area contributed by atoms with E-state index in [4.69, 9.17) is 23.2 Å². The fourth-order valence-corrected chi connectivity index (χ4v) is 1.57. The number of alkyl halides is 4. The van der Waals surface area contributed by atoms with E-state index in [1.807, 2.05) is 0 Å². The lowest BCUT2D eigenvalue weighted by atomic mass is 10.1. The van der Waals surface area contributed by atoms with Gasteiger partial charge in [0.05, 0.1) is 16.3 Å². The number of para-hydroxylation sites is 1. The molecule has 0 radical (unpaired) electrons. The molecule has 0 aliphatic heterocycles. The third-order valence-electron chi connectivity index (χ3n) is 1.90. The topological polar surface area (TPSA) is 29.1 Å². The van der Waals surface area contributed by atoms with Crippen LogP contribution in [0.1, 0.15) is 12.0 Å². The Hall–Kier alpha value is -0.940. The third kappa shape index (κ3) is 3.78. The van der Waals surface area contributed by atoms with Crippen LogP contribution >= 0.6 is 23.2 Å². The molecule has 0 spiro atoms. The van der Waals surface area contributed by atoms with Crippen molar-refractivity contribution in [2.75, 3.05) is 11.2 Å². The molecule has 0 bridgehead atoms. The summed E-state index contributed by atoms with van der Waals surface area (Å²) >= 11 is 10.9. The molecule has 1 amide bonds. The minimum absolute atomic E-state index is 0.0254. The number of anilines is 1. The molecule has 0 saturated heterocycles. The molecular weight excluding hydrogens is 278 g/mol. The van der Waals surface area contributed by atoms with Crippen molar-refractivity contribution >= 4 is 34.8 Å². The maximum Gasteiger partial charge on any atom is 0.418 e. The molecule has 0 unspecified atom stereocenters. The molecule has 0 saturated carbocycles. The Bertz CT molecular complexity index is 421. The predicted molar refractivity (Wildman–Crippen MR) is 60.4 cm³/mol. The number of hydrogen-bond acceptors (Lipinski definition) is 1. The summed E-state index contributed by atoms with van der Waals surface area (Å²) in [6, 6.07) is 3.29. The van der Waals surface area contributed by atoms with Gasteiger partial charge < -0.3 is 5.32 Å². The lowest BCUT2D eigenvalue weighted by Crippen LogP contribution is -2.17. The Morgan fingerprint density at radius 1 is 1.35 bits per heavy atom. The van der Waals surface area contributed by atoms with Crippen molar-refractivity contribution in [1.82, 2.24) is 0 Å². The number of carbonyl (C=O) groups is 1. The minimum atomic E-state index is -4.57. The molecule has 94 valence electrons. The van der Waals surface area contributed by atoms with Crippen LogP contribution < -0.4 is 5.32 Å². The highest BCUT2D eigenvalue weighted by Gasteiger charge is 2.34. The zero-order valence-electron chi connectivity index (χ0n) is 8.44. The molecule has 0 aromatic heterocycles. The third-order valence-corrected chi connectivity index (χ3v) is 2.41. The number of halogens is 5. The summed E-state index contributed by atoms with van der Waals surface area (Å²) in [5.41, 5.74) is -1.41. The lowest BCUT2D eigenvalue weighted by molar-refractivity contribution is -0.137. The quantitative estimate of drug-likeness (QED) is 0.838. The maximum absolute atomic E-state index is 12.6. The van der Waals surface area contributed by atoms with Crippen molar-refractivity contribution in [3.63, 3.8) is 0 Å². The number of rotatable bonds is 3. The first kappa shape index (κ1) is 14.1. The Kier molecular flexibility index (Phi) is 4.65. The van der Waals surface area contributed by atoms with E-state index < -0.39 is 23.3 Å². The van der Waals surface area contributed by atoms with Gasteiger partial charge in [-0.05, 0) is 12.1 Å². The first-order chi connectivity index (χ1) is 7.86. The summed E-state index contributed by atoms with van der Waals surface area (Å²) < 4.78 is 37.9. The molecule has 1 N–H and O–H groups in total. The highest BCUT2D eigenvalue weighted by Crippen LogP contribution is 2.38. The van der Waals surface area contributed by atoms with Crippen molar-refractivity contribution in [3.8, 4) is 0 Å². The smallest absolute Gasteiger partial charge is 0.324 e. The van der Waals surface area contributed by atoms with Gasteiger partial charge >= 0.3 is 6.18 Å². The van der Waals surface area contributed by atoms with E-state index in [-0.39, 0.29) is 17.3 Å². The van der Waals surface area contributed by atoms with Crippen molar-refractivity contribution < 1.29 is 18.0 Å². The van der Waals surface area contributed by atoms with Crippen LogP contribution in [-0.4, -0.2) is 11.8 Å². The van der Waals surface area contributed by atoms with Gasteiger partial charge in [-0.15, -0.1) is 11.6 Å². The van der Waals surface area contributed by atoms with Gasteiger partial charge in [0.1, 0.15) is 0 Å². The van der Waals surface area contributed by atoms with Crippen LogP contribution in [0.25, 0.3) is 0 Å². The second kappa shape index (κ2) is 5.60. The van der Waals surface area contributed by atoms with Crippen molar-refractivity contribution in [1.29, 1.82) is 0 Å². The molecule has 0 fully saturated rings. The second-order valence-corrected chi connectivity index (χ2v) is 3.93. The van der Waals surface area contributed by atoms with Crippen molar-refractivity contribution in [3.05, 3.63) is 28.8 Å². The molecule has 0 aliphatic carbocycles. The number of amides is 1. The van der Waals surface area contributed by atoms with Gasteiger partial charge in [0.25, 0.3) is 0 Å². The number of hydrogen-bond donors (Lipinski definition) is 1. The number of benzene rings is 1. The molecule has 0 aliphatic rings. The van der Waals surface area contributed by atoms with Gasteiger partial charge in [0.15, 0.2) is 0 Å². The first-order valence-corrected chi connectivity index (χ1v) is 5.49. The normalized spacial score (nSPS) is 11.4. The molecular formula is C10H8Cl2F3NO. The molecule has 7 heteroatoms. The van der Waals surface area contributed by atoms with Gasteiger partial charge in [0.2, 0.25) is 5.91 Å². The minimum Gasteiger partial charge on any atom is -0.324 e. The monoisotopic (exact) mass is 285 g/mol. The van der Waals surface area contributed by atoms with E-state index in [1.165, 1.54) is 12.1 Å². The molecule has 1 aromatic carbocycles. The highest BCUT2D eigenvalue weighted by atomic mass is 35.5. The molecule has 1 rings (SSSR count). The fraction of sp³-hybridized carbons (Fsp3) is 0.300. The molecule has 17 heavy (non-hydrogen) atoms. The average molecular weight is 286 g/mol. The van der Waals surface area contributed by atoms with Crippen LogP contribution in [-0.2, 0) is 11.0 Å². The van der Waals surface area contributed by atoms with Gasteiger partial charge in [0, 0.05) is 12.3 Å². The summed E-state index contributed by atoms with van der Waals surface area (Å²) in [6.45, 7) is 0. The van der Waals surface area contributed by atoms with E-state index in [0.29, 0.717) is 0 Å². The Morgan fingerprint density at radius 3 is 2.53 bits per heavy atom. The zero-order valence-corrected chi connectivity index (χ0v) is 9.96. The molecule has 0 heterocycles. The number of carbonyl (C=O) groups excluding carboxylic acids is 1. The van der Waals surface area contributed by atoms with Crippen molar-refractivity contribution in [2.24, 2.45) is 0 Å². The number of nitrogens with one attached hydrogen (secondary N) is 1. The standard InChI is InChI=1S/C10H8Cl2F3NO/c11-5-4-8(17)16-9-6(10(13,14)15)2-1-3-7(9)12/h1-3H,4-5H2,(H,16,17). The zero-order chi connectivity index (χ0) is 13.1.